The zero-order chi connectivity index (χ0) is 18.2. The predicted molar refractivity (Wildman–Crippen MR) is 93.3 cm³/mol. The molecule has 0 spiro atoms. The summed E-state index contributed by atoms with van der Waals surface area (Å²) >= 11 is 0. The van der Waals surface area contributed by atoms with E-state index in [1.54, 1.807) is 11.8 Å². The van der Waals surface area contributed by atoms with Crippen molar-refractivity contribution in [2.24, 2.45) is 10.7 Å². The molecule has 2 rings (SSSR count). The van der Waals surface area contributed by atoms with Gasteiger partial charge in [0.05, 0.1) is 13.2 Å². The molecule has 1 aromatic rings. The van der Waals surface area contributed by atoms with Gasteiger partial charge in [0.15, 0.2) is 11.8 Å². The first kappa shape index (κ1) is 19.0. The molecule has 0 aliphatic carbocycles. The van der Waals surface area contributed by atoms with Crippen LogP contribution in [0.5, 0.6) is 0 Å². The molecule has 1 aromatic heterocycles. The van der Waals surface area contributed by atoms with Crippen molar-refractivity contribution in [2.75, 3.05) is 26.2 Å². The maximum atomic E-state index is 11.7. The number of carbonyl (C=O) groups is 1. The number of ether oxygens (including phenoxy) is 1. The summed E-state index contributed by atoms with van der Waals surface area (Å²) < 4.78 is 10.2. The molecule has 1 fully saturated rings. The molecule has 0 atom stereocenters. The summed E-state index contributed by atoms with van der Waals surface area (Å²) in [5.74, 6) is 1.92. The van der Waals surface area contributed by atoms with E-state index in [9.17, 15) is 4.79 Å². The Kier molecular flexibility index (Phi) is 7.03. The quantitative estimate of drug-likeness (QED) is 0.584. The lowest BCUT2D eigenvalue weighted by Gasteiger charge is -2.31. The first-order valence-electron chi connectivity index (χ1n) is 8.80. The highest BCUT2D eigenvalue weighted by atomic mass is 16.6. The van der Waals surface area contributed by atoms with Gasteiger partial charge < -0.3 is 25.2 Å². The van der Waals surface area contributed by atoms with Crippen molar-refractivity contribution in [3.63, 3.8) is 0 Å². The summed E-state index contributed by atoms with van der Waals surface area (Å²) in [6.07, 6.45) is 1.94. The second-order valence-corrected chi connectivity index (χ2v) is 6.32. The van der Waals surface area contributed by atoms with Crippen molar-refractivity contribution < 1.29 is 14.1 Å². The van der Waals surface area contributed by atoms with Crippen LogP contribution < -0.4 is 11.1 Å². The average Bonchev–Trinajstić information content (AvgIpc) is 3.05. The Balaban J connectivity index is 1.70. The fourth-order valence-electron chi connectivity index (χ4n) is 2.55. The topological polar surface area (TPSA) is 119 Å². The number of aromatic nitrogens is 2. The van der Waals surface area contributed by atoms with Gasteiger partial charge in [-0.2, -0.15) is 4.98 Å². The van der Waals surface area contributed by atoms with E-state index in [0.717, 1.165) is 12.8 Å². The van der Waals surface area contributed by atoms with Crippen molar-refractivity contribution in [1.29, 1.82) is 0 Å². The molecular formula is C16H28N6O3. The Labute approximate surface area is 148 Å². The first-order valence-corrected chi connectivity index (χ1v) is 8.80. The van der Waals surface area contributed by atoms with E-state index in [2.05, 4.69) is 20.4 Å². The van der Waals surface area contributed by atoms with Gasteiger partial charge in [0.2, 0.25) is 5.89 Å². The normalized spacial score (nSPS) is 16.3. The molecule has 0 unspecified atom stereocenters. The van der Waals surface area contributed by atoms with Crippen LogP contribution in [0.3, 0.4) is 0 Å². The van der Waals surface area contributed by atoms with Gasteiger partial charge in [0.1, 0.15) is 0 Å². The van der Waals surface area contributed by atoms with E-state index >= 15 is 0 Å². The molecule has 0 bridgehead atoms. The Morgan fingerprint density at radius 2 is 2.20 bits per heavy atom. The van der Waals surface area contributed by atoms with Crippen LogP contribution in [0.2, 0.25) is 0 Å². The summed E-state index contributed by atoms with van der Waals surface area (Å²) in [7, 11) is 0. The van der Waals surface area contributed by atoms with Crippen LogP contribution in [-0.4, -0.2) is 59.4 Å². The number of amides is 1. The number of nitrogens with one attached hydrogen (secondary N) is 1. The average molecular weight is 352 g/mol. The Bertz CT molecular complexity index is 578. The van der Waals surface area contributed by atoms with Crippen LogP contribution in [0.1, 0.15) is 51.2 Å². The highest BCUT2D eigenvalue weighted by Crippen LogP contribution is 2.12. The number of nitrogens with two attached hydrogens (primary N) is 1. The summed E-state index contributed by atoms with van der Waals surface area (Å²) in [6.45, 7) is 8.04. The van der Waals surface area contributed by atoms with Gasteiger partial charge in [-0.15, -0.1) is 0 Å². The Morgan fingerprint density at radius 3 is 2.80 bits per heavy atom. The maximum absolute atomic E-state index is 11.7. The molecule has 140 valence electrons. The molecule has 1 aliphatic rings. The number of hydrogen-bond donors (Lipinski definition) is 2. The number of carbonyl (C=O) groups excluding carboxylic acids is 1. The lowest BCUT2D eigenvalue weighted by molar-refractivity contribution is 0.0963. The lowest BCUT2D eigenvalue weighted by Crippen LogP contribution is -2.48. The molecule has 9 nitrogen and oxygen atoms in total. The predicted octanol–water partition coefficient (Wildman–Crippen LogP) is 1.26. The van der Waals surface area contributed by atoms with Crippen molar-refractivity contribution in [3.05, 3.63) is 11.7 Å². The van der Waals surface area contributed by atoms with Gasteiger partial charge in [0.25, 0.3) is 0 Å². The molecule has 2 heterocycles. The van der Waals surface area contributed by atoms with Crippen LogP contribution in [-0.2, 0) is 11.2 Å². The zero-order valence-corrected chi connectivity index (χ0v) is 15.2. The minimum absolute atomic E-state index is 0.213. The Morgan fingerprint density at radius 1 is 1.48 bits per heavy atom. The smallest absolute Gasteiger partial charge is 0.409 e. The number of guanidine groups is 1. The van der Waals surface area contributed by atoms with Crippen LogP contribution in [0, 0.1) is 0 Å². The van der Waals surface area contributed by atoms with Gasteiger partial charge in [-0.05, 0) is 19.8 Å². The summed E-state index contributed by atoms with van der Waals surface area (Å²) in [5.41, 5.74) is 5.93. The second-order valence-electron chi connectivity index (χ2n) is 6.32. The maximum Gasteiger partial charge on any atom is 0.409 e. The van der Waals surface area contributed by atoms with E-state index in [1.807, 2.05) is 13.8 Å². The number of rotatable bonds is 6. The fraction of sp³-hybridized carbons (Fsp3) is 0.750. The number of aliphatic imine (C=N–C) groups is 1. The van der Waals surface area contributed by atoms with Crippen LogP contribution in [0.4, 0.5) is 4.79 Å². The van der Waals surface area contributed by atoms with E-state index in [1.165, 1.54) is 0 Å². The molecule has 25 heavy (non-hydrogen) atoms. The third-order valence-corrected chi connectivity index (χ3v) is 3.98. The highest BCUT2D eigenvalue weighted by molar-refractivity contribution is 5.78. The van der Waals surface area contributed by atoms with E-state index in [4.69, 9.17) is 15.0 Å². The van der Waals surface area contributed by atoms with Gasteiger partial charge >= 0.3 is 6.09 Å². The molecule has 1 amide bonds. The monoisotopic (exact) mass is 352 g/mol. The van der Waals surface area contributed by atoms with Crippen LogP contribution in [0.15, 0.2) is 9.52 Å². The fourth-order valence-corrected chi connectivity index (χ4v) is 2.55. The van der Waals surface area contributed by atoms with Crippen molar-refractivity contribution >= 4 is 12.1 Å². The minimum Gasteiger partial charge on any atom is -0.450 e. The summed E-state index contributed by atoms with van der Waals surface area (Å²) in [5, 5.41) is 7.12. The zero-order valence-electron chi connectivity index (χ0n) is 15.2. The van der Waals surface area contributed by atoms with Gasteiger partial charge in [-0.3, -0.25) is 4.99 Å². The van der Waals surface area contributed by atoms with Gasteiger partial charge in [-0.25, -0.2) is 4.79 Å². The van der Waals surface area contributed by atoms with E-state index in [-0.39, 0.29) is 18.1 Å². The number of likely N-dealkylation sites (tertiary alicyclic amines) is 1. The van der Waals surface area contributed by atoms with Gasteiger partial charge in [0, 0.05) is 31.5 Å². The summed E-state index contributed by atoms with van der Waals surface area (Å²) in [6, 6.07) is 0.213. The molecule has 0 aromatic carbocycles. The minimum atomic E-state index is -0.247. The van der Waals surface area contributed by atoms with Crippen molar-refractivity contribution in [2.45, 2.75) is 52.0 Å². The molecule has 0 saturated carbocycles. The van der Waals surface area contributed by atoms with E-state index < -0.39 is 0 Å². The molecule has 1 aliphatic heterocycles. The van der Waals surface area contributed by atoms with Crippen LogP contribution in [0.25, 0.3) is 0 Å². The molecule has 1 saturated heterocycles. The number of nitrogens with zero attached hydrogens (tertiary/aromatic N) is 4. The van der Waals surface area contributed by atoms with E-state index in [0.29, 0.717) is 50.3 Å². The lowest BCUT2D eigenvalue weighted by atomic mass is 10.1. The highest BCUT2D eigenvalue weighted by Gasteiger charge is 2.23. The van der Waals surface area contributed by atoms with Crippen LogP contribution >= 0.6 is 0 Å². The van der Waals surface area contributed by atoms with Crippen molar-refractivity contribution in [1.82, 2.24) is 20.4 Å². The van der Waals surface area contributed by atoms with Crippen molar-refractivity contribution in [3.8, 4) is 0 Å². The third-order valence-electron chi connectivity index (χ3n) is 3.98. The molecular weight excluding hydrogens is 324 g/mol. The Hall–Kier alpha value is -2.32. The largest absolute Gasteiger partial charge is 0.450 e. The molecule has 0 radical (unpaired) electrons. The SMILES string of the molecule is CCOC(=O)N1CCC(NC(N)=NCCc2nc(C(C)C)no2)CC1. The third kappa shape index (κ3) is 5.91. The van der Waals surface area contributed by atoms with Gasteiger partial charge in [-0.1, -0.05) is 19.0 Å². The number of hydrogen-bond acceptors (Lipinski definition) is 6. The number of piperidine rings is 1. The summed E-state index contributed by atoms with van der Waals surface area (Å²) in [4.78, 5) is 22.0. The molecule has 3 N–H and O–H groups in total. The standard InChI is InChI=1S/C16H28N6O3/c1-4-24-16(23)22-9-6-12(7-10-22)19-15(17)18-8-5-13-20-14(11(2)3)21-25-13/h11-12H,4-10H2,1-3H3,(H3,17,18,19). The second kappa shape index (κ2) is 9.24. The first-order chi connectivity index (χ1) is 12.0. The molecule has 9 heteroatoms.